The van der Waals surface area contributed by atoms with Crippen molar-refractivity contribution < 1.29 is 8.42 Å². The van der Waals surface area contributed by atoms with Gasteiger partial charge in [0.1, 0.15) is 0 Å². The summed E-state index contributed by atoms with van der Waals surface area (Å²) in [4.78, 5) is 4.31. The first kappa shape index (κ1) is 14.0. The van der Waals surface area contributed by atoms with Crippen LogP contribution in [-0.4, -0.2) is 50.8 Å². The van der Waals surface area contributed by atoms with E-state index in [2.05, 4.69) is 4.90 Å². The van der Waals surface area contributed by atoms with Crippen molar-refractivity contribution in [1.82, 2.24) is 9.21 Å². The maximum absolute atomic E-state index is 12.5. The normalized spacial score (nSPS) is 19.3. The minimum absolute atomic E-state index is 0.393. The van der Waals surface area contributed by atoms with Crippen molar-refractivity contribution in [2.45, 2.75) is 18.4 Å². The van der Waals surface area contributed by atoms with Gasteiger partial charge in [-0.05, 0) is 20.0 Å². The molecule has 2 N–H and O–H groups in total. The van der Waals surface area contributed by atoms with Crippen molar-refractivity contribution in [3.8, 4) is 0 Å². The summed E-state index contributed by atoms with van der Waals surface area (Å²) < 4.78 is 26.6. The van der Waals surface area contributed by atoms with Gasteiger partial charge in [0.25, 0.3) is 0 Å². The molecule has 0 amide bonds. The molecule has 0 aliphatic carbocycles. The fourth-order valence-electron chi connectivity index (χ4n) is 2.05. The van der Waals surface area contributed by atoms with Crippen molar-refractivity contribution in [2.75, 3.05) is 33.2 Å². The summed E-state index contributed by atoms with van der Waals surface area (Å²) in [6.07, 6.45) is 0. The monoisotopic (exact) mass is 289 g/mol. The molecule has 2 rings (SSSR count). The largest absolute Gasteiger partial charge is 0.326 e. The number of hydrogen-bond donors (Lipinski definition) is 1. The van der Waals surface area contributed by atoms with Gasteiger partial charge in [0, 0.05) is 42.5 Å². The number of aryl methyl sites for hydroxylation is 1. The van der Waals surface area contributed by atoms with Crippen LogP contribution in [0.15, 0.2) is 11.0 Å². The van der Waals surface area contributed by atoms with Gasteiger partial charge in [-0.15, -0.1) is 11.3 Å². The van der Waals surface area contributed by atoms with Crippen LogP contribution in [-0.2, 0) is 16.6 Å². The number of hydrogen-bond acceptors (Lipinski definition) is 5. The van der Waals surface area contributed by atoms with E-state index in [4.69, 9.17) is 5.73 Å². The van der Waals surface area contributed by atoms with Gasteiger partial charge in [0.15, 0.2) is 0 Å². The zero-order valence-corrected chi connectivity index (χ0v) is 12.4. The average Bonchev–Trinajstić information content (AvgIpc) is 2.72. The van der Waals surface area contributed by atoms with Crippen LogP contribution in [0.25, 0.3) is 0 Å². The molecule has 1 aromatic heterocycles. The average molecular weight is 289 g/mol. The Morgan fingerprint density at radius 3 is 2.44 bits per heavy atom. The zero-order valence-electron chi connectivity index (χ0n) is 10.7. The van der Waals surface area contributed by atoms with E-state index < -0.39 is 10.0 Å². The Kier molecular flexibility index (Phi) is 4.08. The molecule has 0 spiro atoms. The Labute approximate surface area is 112 Å². The summed E-state index contributed by atoms with van der Waals surface area (Å²) in [6.45, 7) is 4.92. The first-order valence-corrected chi connectivity index (χ1v) is 8.19. The molecule has 7 heteroatoms. The third-order valence-electron chi connectivity index (χ3n) is 3.20. The minimum Gasteiger partial charge on any atom is -0.326 e. The van der Waals surface area contributed by atoms with Gasteiger partial charge in [0.05, 0.1) is 4.90 Å². The highest BCUT2D eigenvalue weighted by Crippen LogP contribution is 2.28. The number of nitrogens with two attached hydrogens (primary N) is 1. The second-order valence-electron chi connectivity index (χ2n) is 4.54. The molecule has 1 fully saturated rings. The minimum atomic E-state index is -3.34. The fraction of sp³-hybridized carbons (Fsp3) is 0.636. The first-order chi connectivity index (χ1) is 8.45. The molecule has 1 aliphatic heterocycles. The Bertz CT molecular complexity index is 516. The second-order valence-corrected chi connectivity index (χ2v) is 7.79. The molecule has 5 nitrogen and oxygen atoms in total. The van der Waals surface area contributed by atoms with Crippen LogP contribution in [0.5, 0.6) is 0 Å². The molecule has 1 aromatic rings. The summed E-state index contributed by atoms with van der Waals surface area (Å²) in [5, 5.41) is 0. The molecule has 18 heavy (non-hydrogen) atoms. The van der Waals surface area contributed by atoms with Crippen LogP contribution in [0.2, 0.25) is 0 Å². The summed E-state index contributed by atoms with van der Waals surface area (Å²) in [6, 6.07) is 1.72. The van der Waals surface area contributed by atoms with Gasteiger partial charge in [-0.2, -0.15) is 4.31 Å². The third-order valence-corrected chi connectivity index (χ3v) is 6.43. The molecular formula is C11H19N3O2S2. The molecule has 1 aliphatic rings. The van der Waals surface area contributed by atoms with Crippen LogP contribution in [0.1, 0.15) is 9.75 Å². The van der Waals surface area contributed by atoms with Crippen molar-refractivity contribution in [3.05, 3.63) is 15.8 Å². The fourth-order valence-corrected chi connectivity index (χ4v) is 4.95. The van der Waals surface area contributed by atoms with Gasteiger partial charge in [-0.25, -0.2) is 8.42 Å². The van der Waals surface area contributed by atoms with Crippen molar-refractivity contribution in [1.29, 1.82) is 0 Å². The van der Waals surface area contributed by atoms with Gasteiger partial charge in [-0.3, -0.25) is 0 Å². The Morgan fingerprint density at radius 2 is 1.94 bits per heavy atom. The lowest BCUT2D eigenvalue weighted by Gasteiger charge is -2.31. The predicted octanol–water partition coefficient (Wildman–Crippen LogP) is 0.451. The van der Waals surface area contributed by atoms with E-state index in [0.717, 1.165) is 22.8 Å². The number of piperazine rings is 1. The molecule has 0 radical (unpaired) electrons. The van der Waals surface area contributed by atoms with E-state index in [0.29, 0.717) is 24.5 Å². The van der Waals surface area contributed by atoms with Gasteiger partial charge < -0.3 is 10.6 Å². The molecule has 2 heterocycles. The number of sulfonamides is 1. The number of likely N-dealkylation sites (N-methyl/N-ethyl adjacent to an activating group) is 1. The van der Waals surface area contributed by atoms with E-state index in [1.165, 1.54) is 11.3 Å². The van der Waals surface area contributed by atoms with Crippen LogP contribution in [0.4, 0.5) is 0 Å². The van der Waals surface area contributed by atoms with E-state index >= 15 is 0 Å². The highest BCUT2D eigenvalue weighted by molar-refractivity contribution is 7.89. The third kappa shape index (κ3) is 2.60. The van der Waals surface area contributed by atoms with E-state index in [9.17, 15) is 8.42 Å². The summed E-state index contributed by atoms with van der Waals surface area (Å²) in [7, 11) is -1.34. The van der Waals surface area contributed by atoms with Crippen LogP contribution in [0.3, 0.4) is 0 Å². The highest BCUT2D eigenvalue weighted by atomic mass is 32.2. The highest BCUT2D eigenvalue weighted by Gasteiger charge is 2.29. The summed E-state index contributed by atoms with van der Waals surface area (Å²) >= 11 is 1.46. The van der Waals surface area contributed by atoms with E-state index in [1.54, 1.807) is 10.4 Å². The van der Waals surface area contributed by atoms with E-state index in [1.807, 2.05) is 14.0 Å². The second kappa shape index (κ2) is 5.26. The molecule has 0 unspecified atom stereocenters. The molecule has 1 saturated heterocycles. The van der Waals surface area contributed by atoms with E-state index in [-0.39, 0.29) is 0 Å². The summed E-state index contributed by atoms with van der Waals surface area (Å²) in [5.41, 5.74) is 5.57. The van der Waals surface area contributed by atoms with Crippen LogP contribution in [0, 0.1) is 6.92 Å². The molecule has 0 atom stereocenters. The quantitative estimate of drug-likeness (QED) is 0.877. The van der Waals surface area contributed by atoms with Crippen LogP contribution < -0.4 is 5.73 Å². The number of rotatable bonds is 3. The zero-order chi connectivity index (χ0) is 13.3. The standard InChI is InChI=1S/C11H19N3O2S2/c1-9-11(7-10(8-12)17-9)18(15,16)14-5-3-13(2)4-6-14/h7H,3-6,8,12H2,1-2H3. The van der Waals surface area contributed by atoms with Crippen molar-refractivity contribution >= 4 is 21.4 Å². The number of nitrogens with zero attached hydrogens (tertiary/aromatic N) is 2. The van der Waals surface area contributed by atoms with Gasteiger partial charge in [-0.1, -0.05) is 0 Å². The van der Waals surface area contributed by atoms with Crippen molar-refractivity contribution in [2.24, 2.45) is 5.73 Å². The Morgan fingerprint density at radius 1 is 1.33 bits per heavy atom. The topological polar surface area (TPSA) is 66.6 Å². The Balaban J connectivity index is 2.27. The smallest absolute Gasteiger partial charge is 0.244 e. The molecule has 0 aromatic carbocycles. The first-order valence-electron chi connectivity index (χ1n) is 5.93. The van der Waals surface area contributed by atoms with Crippen molar-refractivity contribution in [3.63, 3.8) is 0 Å². The molecular weight excluding hydrogens is 270 g/mol. The molecule has 0 bridgehead atoms. The SMILES string of the molecule is Cc1sc(CN)cc1S(=O)(=O)N1CCN(C)CC1. The van der Waals surface area contributed by atoms with Gasteiger partial charge in [0.2, 0.25) is 10.0 Å². The maximum Gasteiger partial charge on any atom is 0.244 e. The van der Waals surface area contributed by atoms with Gasteiger partial charge >= 0.3 is 0 Å². The predicted molar refractivity (Wildman–Crippen MR) is 73.2 cm³/mol. The van der Waals surface area contributed by atoms with Crippen LogP contribution >= 0.6 is 11.3 Å². The lowest BCUT2D eigenvalue weighted by atomic mass is 10.4. The summed E-state index contributed by atoms with van der Waals surface area (Å²) in [5.74, 6) is 0. The lowest BCUT2D eigenvalue weighted by molar-refractivity contribution is 0.222. The lowest BCUT2D eigenvalue weighted by Crippen LogP contribution is -2.47. The number of thiophene rings is 1. The maximum atomic E-state index is 12.5. The Hall–Kier alpha value is -0.470. The molecule has 102 valence electrons. The molecule has 0 saturated carbocycles.